The molecule has 3 nitrogen and oxygen atoms in total. The molecule has 0 bridgehead atoms. The molecule has 0 fully saturated rings. The molecule has 0 aliphatic heterocycles. The molecule has 2 aromatic rings. The summed E-state index contributed by atoms with van der Waals surface area (Å²) in [5.74, 6) is 0. The van der Waals surface area contributed by atoms with Gasteiger partial charge >= 0.3 is 0 Å². The van der Waals surface area contributed by atoms with E-state index in [9.17, 15) is 9.59 Å². The second kappa shape index (κ2) is 4.67. The molecule has 0 amide bonds. The predicted octanol–water partition coefficient (Wildman–Crippen LogP) is 2.72. The standard InChI is InChI=1S/C13H10BrNO2/c1-9-6-13(17)10(8-16)7-15(9)12-4-2-11(14)3-5-12/h2-8H,1H3. The molecule has 17 heavy (non-hydrogen) atoms. The van der Waals surface area contributed by atoms with Crippen molar-refractivity contribution in [2.45, 2.75) is 6.92 Å². The maximum absolute atomic E-state index is 11.5. The number of aryl methyl sites for hydroxylation is 1. The lowest BCUT2D eigenvalue weighted by Crippen LogP contribution is -2.13. The summed E-state index contributed by atoms with van der Waals surface area (Å²) in [5.41, 5.74) is 1.63. The number of aromatic nitrogens is 1. The molecule has 2 rings (SSSR count). The van der Waals surface area contributed by atoms with Crippen molar-refractivity contribution in [1.29, 1.82) is 0 Å². The van der Waals surface area contributed by atoms with E-state index in [0.29, 0.717) is 6.29 Å². The molecule has 0 N–H and O–H groups in total. The van der Waals surface area contributed by atoms with Crippen molar-refractivity contribution in [2.75, 3.05) is 0 Å². The van der Waals surface area contributed by atoms with E-state index in [2.05, 4.69) is 15.9 Å². The molecule has 0 aliphatic carbocycles. The lowest BCUT2D eigenvalue weighted by atomic mass is 10.2. The Morgan fingerprint density at radius 3 is 2.47 bits per heavy atom. The molecule has 1 heterocycles. The number of hydrogen-bond donors (Lipinski definition) is 0. The number of hydrogen-bond acceptors (Lipinski definition) is 2. The van der Waals surface area contributed by atoms with Gasteiger partial charge in [0.2, 0.25) is 0 Å². The molecule has 0 unspecified atom stereocenters. The molecule has 0 radical (unpaired) electrons. The average Bonchev–Trinajstić information content (AvgIpc) is 2.31. The zero-order valence-electron chi connectivity index (χ0n) is 9.18. The molecule has 1 aromatic carbocycles. The first-order valence-electron chi connectivity index (χ1n) is 5.06. The number of benzene rings is 1. The van der Waals surface area contributed by atoms with Gasteiger partial charge in [-0.1, -0.05) is 15.9 Å². The highest BCUT2D eigenvalue weighted by molar-refractivity contribution is 9.10. The Bertz CT molecular complexity index is 614. The van der Waals surface area contributed by atoms with Crippen molar-refractivity contribution in [3.63, 3.8) is 0 Å². The van der Waals surface area contributed by atoms with Crippen LogP contribution in [0.25, 0.3) is 5.69 Å². The van der Waals surface area contributed by atoms with Crippen LogP contribution in [0.3, 0.4) is 0 Å². The number of carbonyl (C=O) groups is 1. The van der Waals surface area contributed by atoms with E-state index >= 15 is 0 Å². The van der Waals surface area contributed by atoms with E-state index in [0.717, 1.165) is 15.9 Å². The molecular weight excluding hydrogens is 282 g/mol. The fourth-order valence-electron chi connectivity index (χ4n) is 1.62. The normalized spacial score (nSPS) is 10.2. The van der Waals surface area contributed by atoms with Gasteiger partial charge in [-0.3, -0.25) is 9.59 Å². The van der Waals surface area contributed by atoms with Gasteiger partial charge < -0.3 is 4.57 Å². The number of rotatable bonds is 2. The minimum Gasteiger partial charge on any atom is -0.320 e. The number of halogens is 1. The summed E-state index contributed by atoms with van der Waals surface area (Å²) in [7, 11) is 0. The third-order valence-corrected chi connectivity index (χ3v) is 3.03. The lowest BCUT2D eigenvalue weighted by molar-refractivity contribution is 0.112. The Balaban J connectivity index is 2.62. The Hall–Kier alpha value is -1.68. The Kier molecular flexibility index (Phi) is 3.24. The van der Waals surface area contributed by atoms with Crippen molar-refractivity contribution >= 4 is 22.2 Å². The quantitative estimate of drug-likeness (QED) is 0.798. The fraction of sp³-hybridized carbons (Fsp3) is 0.0769. The highest BCUT2D eigenvalue weighted by Crippen LogP contribution is 2.15. The minimum atomic E-state index is -0.245. The van der Waals surface area contributed by atoms with Crippen molar-refractivity contribution < 1.29 is 4.79 Å². The van der Waals surface area contributed by atoms with Crippen LogP contribution in [0.2, 0.25) is 0 Å². The molecule has 86 valence electrons. The van der Waals surface area contributed by atoms with Crippen LogP contribution < -0.4 is 5.43 Å². The average molecular weight is 292 g/mol. The lowest BCUT2D eigenvalue weighted by Gasteiger charge is -2.11. The van der Waals surface area contributed by atoms with Crippen LogP contribution in [0.5, 0.6) is 0 Å². The Morgan fingerprint density at radius 2 is 1.88 bits per heavy atom. The van der Waals surface area contributed by atoms with Crippen LogP contribution in [-0.2, 0) is 0 Å². The highest BCUT2D eigenvalue weighted by Gasteiger charge is 2.04. The fourth-order valence-corrected chi connectivity index (χ4v) is 1.88. The van der Waals surface area contributed by atoms with E-state index in [1.54, 1.807) is 6.20 Å². The maximum Gasteiger partial charge on any atom is 0.192 e. The maximum atomic E-state index is 11.5. The van der Waals surface area contributed by atoms with E-state index in [4.69, 9.17) is 0 Å². The van der Waals surface area contributed by atoms with E-state index < -0.39 is 0 Å². The second-order valence-electron chi connectivity index (χ2n) is 3.70. The minimum absolute atomic E-state index is 0.165. The monoisotopic (exact) mass is 291 g/mol. The summed E-state index contributed by atoms with van der Waals surface area (Å²) >= 11 is 3.36. The van der Waals surface area contributed by atoms with Crippen LogP contribution >= 0.6 is 15.9 Å². The van der Waals surface area contributed by atoms with Crippen molar-refractivity contribution in [2.24, 2.45) is 0 Å². The zero-order valence-corrected chi connectivity index (χ0v) is 10.8. The molecule has 1 aromatic heterocycles. The molecule has 0 spiro atoms. The first kappa shape index (κ1) is 11.8. The van der Waals surface area contributed by atoms with Crippen LogP contribution in [0.1, 0.15) is 16.1 Å². The molecule has 4 heteroatoms. The summed E-state index contributed by atoms with van der Waals surface area (Å²) in [6.07, 6.45) is 2.14. The Labute approximate surface area is 107 Å². The van der Waals surface area contributed by atoms with E-state index in [1.807, 2.05) is 35.8 Å². The summed E-state index contributed by atoms with van der Waals surface area (Å²) in [6, 6.07) is 9.11. The molecule has 0 saturated heterocycles. The number of pyridine rings is 1. The van der Waals surface area contributed by atoms with Crippen LogP contribution in [0, 0.1) is 6.92 Å². The van der Waals surface area contributed by atoms with Crippen molar-refractivity contribution in [3.05, 3.63) is 62.5 Å². The SMILES string of the molecule is Cc1cc(=O)c(C=O)cn1-c1ccc(Br)cc1. The molecule has 0 aliphatic rings. The van der Waals surface area contributed by atoms with Crippen molar-refractivity contribution in [3.8, 4) is 5.69 Å². The van der Waals surface area contributed by atoms with Gasteiger partial charge in [-0.15, -0.1) is 0 Å². The van der Waals surface area contributed by atoms with Gasteiger partial charge in [-0.05, 0) is 31.2 Å². The molecule has 0 atom stereocenters. The van der Waals surface area contributed by atoms with Gasteiger partial charge in [0, 0.05) is 28.1 Å². The Morgan fingerprint density at radius 1 is 1.24 bits per heavy atom. The number of aldehydes is 1. The van der Waals surface area contributed by atoms with Crippen LogP contribution in [0.4, 0.5) is 0 Å². The largest absolute Gasteiger partial charge is 0.320 e. The topological polar surface area (TPSA) is 39.1 Å². The van der Waals surface area contributed by atoms with Crippen LogP contribution in [-0.4, -0.2) is 10.9 Å². The van der Waals surface area contributed by atoms with Gasteiger partial charge in [0.25, 0.3) is 0 Å². The summed E-state index contributed by atoms with van der Waals surface area (Å²) in [5, 5.41) is 0. The van der Waals surface area contributed by atoms with E-state index in [-0.39, 0.29) is 11.0 Å². The summed E-state index contributed by atoms with van der Waals surface area (Å²) in [6.45, 7) is 1.83. The third-order valence-electron chi connectivity index (χ3n) is 2.50. The van der Waals surface area contributed by atoms with Crippen LogP contribution in [0.15, 0.2) is 45.8 Å². The predicted molar refractivity (Wildman–Crippen MR) is 69.9 cm³/mol. The highest BCUT2D eigenvalue weighted by atomic mass is 79.9. The molecule has 0 saturated carbocycles. The number of nitrogens with zero attached hydrogens (tertiary/aromatic N) is 1. The zero-order chi connectivity index (χ0) is 12.4. The van der Waals surface area contributed by atoms with Gasteiger partial charge in [-0.25, -0.2) is 0 Å². The van der Waals surface area contributed by atoms with Gasteiger partial charge in [0.15, 0.2) is 11.7 Å². The summed E-state index contributed by atoms with van der Waals surface area (Å²) in [4.78, 5) is 22.2. The molecular formula is C13H10BrNO2. The first-order chi connectivity index (χ1) is 8.11. The van der Waals surface area contributed by atoms with E-state index in [1.165, 1.54) is 6.07 Å². The van der Waals surface area contributed by atoms with Gasteiger partial charge in [0.05, 0.1) is 5.56 Å². The third kappa shape index (κ3) is 2.36. The number of carbonyl (C=O) groups excluding carboxylic acids is 1. The van der Waals surface area contributed by atoms with Crippen molar-refractivity contribution in [1.82, 2.24) is 4.57 Å². The second-order valence-corrected chi connectivity index (χ2v) is 4.61. The first-order valence-corrected chi connectivity index (χ1v) is 5.85. The smallest absolute Gasteiger partial charge is 0.192 e. The van der Waals surface area contributed by atoms with Gasteiger partial charge in [-0.2, -0.15) is 0 Å². The van der Waals surface area contributed by atoms with Gasteiger partial charge in [0.1, 0.15) is 0 Å². The summed E-state index contributed by atoms with van der Waals surface area (Å²) < 4.78 is 2.80.